The van der Waals surface area contributed by atoms with Gasteiger partial charge in [0.25, 0.3) is 0 Å². The number of hydrogen-bond acceptors (Lipinski definition) is 3. The number of ether oxygens (including phenoxy) is 2. The second-order valence-electron chi connectivity index (χ2n) is 2.71. The predicted molar refractivity (Wildman–Crippen MR) is 69.7 cm³/mol. The Kier molecular flexibility index (Phi) is 5.43. The van der Waals surface area contributed by atoms with Gasteiger partial charge in [0.2, 0.25) is 0 Å². The highest BCUT2D eigenvalue weighted by Crippen LogP contribution is 2.31. The van der Waals surface area contributed by atoms with E-state index in [2.05, 4.69) is 14.6 Å². The average Bonchev–Trinajstić information content (AvgIpc) is 2.31. The lowest BCUT2D eigenvalue weighted by molar-refractivity contribution is 0.0786. The number of cyclic esters (lactones) is 1. The standard InChI is InChI=1S/C8H5ClO3.C3H3I/c9-6-3-1-2-5-4-11-8(10)12-7(5)6;1-2-3-4/h1-3H,4H2;1H3. The Bertz CT molecular complexity index is 442. The topological polar surface area (TPSA) is 35.5 Å². The fourth-order valence-corrected chi connectivity index (χ4v) is 1.26. The van der Waals surface area contributed by atoms with Crippen LogP contribution in [0.25, 0.3) is 0 Å². The van der Waals surface area contributed by atoms with E-state index in [1.54, 1.807) is 18.2 Å². The molecule has 0 unspecified atom stereocenters. The first-order valence-electron chi connectivity index (χ1n) is 4.33. The van der Waals surface area contributed by atoms with Crippen LogP contribution in [0.3, 0.4) is 0 Å². The molecule has 0 saturated heterocycles. The van der Waals surface area contributed by atoms with Gasteiger partial charge in [-0.25, -0.2) is 4.79 Å². The first-order valence-corrected chi connectivity index (χ1v) is 5.79. The summed E-state index contributed by atoms with van der Waals surface area (Å²) in [6.45, 7) is 2.04. The molecule has 0 amide bonds. The molecule has 0 atom stereocenters. The first kappa shape index (κ1) is 13.1. The lowest BCUT2D eigenvalue weighted by Gasteiger charge is -2.16. The fraction of sp³-hybridized carbons (Fsp3) is 0.182. The maximum Gasteiger partial charge on any atom is 0.514 e. The molecule has 84 valence electrons. The van der Waals surface area contributed by atoms with Gasteiger partial charge in [-0.2, -0.15) is 0 Å². The molecule has 0 aromatic heterocycles. The molecule has 1 aromatic rings. The first-order chi connectivity index (χ1) is 7.69. The number of benzene rings is 1. The van der Waals surface area contributed by atoms with Gasteiger partial charge in [-0.1, -0.05) is 29.7 Å². The molecule has 0 bridgehead atoms. The number of halogens is 2. The largest absolute Gasteiger partial charge is 0.514 e. The maximum atomic E-state index is 10.7. The van der Waals surface area contributed by atoms with Crippen molar-refractivity contribution in [3.8, 4) is 15.6 Å². The molecule has 0 saturated carbocycles. The van der Waals surface area contributed by atoms with Gasteiger partial charge >= 0.3 is 6.16 Å². The van der Waals surface area contributed by atoms with Gasteiger partial charge in [-0.3, -0.25) is 0 Å². The Morgan fingerprint density at radius 2 is 2.19 bits per heavy atom. The summed E-state index contributed by atoms with van der Waals surface area (Å²) in [6.07, 6.45) is -0.699. The Hall–Kier alpha value is -0.930. The average molecular weight is 351 g/mol. The van der Waals surface area contributed by atoms with Crippen molar-refractivity contribution >= 4 is 40.3 Å². The van der Waals surface area contributed by atoms with E-state index in [1.165, 1.54) is 0 Å². The van der Waals surface area contributed by atoms with E-state index in [0.29, 0.717) is 10.8 Å². The zero-order chi connectivity index (χ0) is 12.0. The Balaban J connectivity index is 0.000000280. The Labute approximate surface area is 112 Å². The number of carbonyl (C=O) groups is 1. The zero-order valence-electron chi connectivity index (χ0n) is 8.42. The number of para-hydroxylation sites is 1. The van der Waals surface area contributed by atoms with Crippen LogP contribution in [0.4, 0.5) is 4.79 Å². The summed E-state index contributed by atoms with van der Waals surface area (Å²) in [6, 6.07) is 5.25. The van der Waals surface area contributed by atoms with Gasteiger partial charge in [0.1, 0.15) is 6.61 Å². The normalized spacial score (nSPS) is 11.8. The quantitative estimate of drug-likeness (QED) is 0.309. The van der Waals surface area contributed by atoms with Crippen LogP contribution in [0.15, 0.2) is 18.2 Å². The van der Waals surface area contributed by atoms with Gasteiger partial charge in [0.15, 0.2) is 5.75 Å². The van der Waals surface area contributed by atoms with Gasteiger partial charge < -0.3 is 9.47 Å². The summed E-state index contributed by atoms with van der Waals surface area (Å²) < 4.78 is 12.1. The SMILES string of the molecule is CC#CI.O=C1OCc2cccc(Cl)c2O1. The van der Waals surface area contributed by atoms with Gasteiger partial charge in [0.05, 0.1) is 5.02 Å². The molecule has 0 radical (unpaired) electrons. The molecular formula is C11H8ClIO3. The van der Waals surface area contributed by atoms with E-state index in [0.717, 1.165) is 5.56 Å². The van der Waals surface area contributed by atoms with Crippen LogP contribution in [-0.2, 0) is 11.3 Å². The number of carbonyl (C=O) groups excluding carboxylic acids is 1. The van der Waals surface area contributed by atoms with E-state index < -0.39 is 6.16 Å². The molecule has 1 aliphatic heterocycles. The number of rotatable bonds is 0. The van der Waals surface area contributed by atoms with Crippen molar-refractivity contribution in [1.29, 1.82) is 0 Å². The molecule has 2 rings (SSSR count). The summed E-state index contributed by atoms with van der Waals surface area (Å²) in [5.41, 5.74) is 0.794. The van der Waals surface area contributed by atoms with Crippen LogP contribution in [-0.4, -0.2) is 6.16 Å². The molecule has 1 aromatic carbocycles. The third-order valence-corrected chi connectivity index (χ3v) is 2.51. The van der Waals surface area contributed by atoms with E-state index in [1.807, 2.05) is 29.5 Å². The molecular weight excluding hydrogens is 342 g/mol. The Morgan fingerprint density at radius 1 is 1.50 bits per heavy atom. The van der Waals surface area contributed by atoms with E-state index in [-0.39, 0.29) is 6.61 Å². The van der Waals surface area contributed by atoms with Crippen molar-refractivity contribution in [2.24, 2.45) is 0 Å². The summed E-state index contributed by atoms with van der Waals surface area (Å²) in [7, 11) is 0. The van der Waals surface area contributed by atoms with Gasteiger partial charge in [-0.05, 0) is 16.9 Å². The maximum absolute atomic E-state index is 10.7. The van der Waals surface area contributed by atoms with Crippen molar-refractivity contribution in [2.45, 2.75) is 13.5 Å². The number of fused-ring (bicyclic) bond motifs is 1. The fourth-order valence-electron chi connectivity index (χ4n) is 1.03. The summed E-state index contributed by atoms with van der Waals surface area (Å²) in [4.78, 5) is 10.7. The second kappa shape index (κ2) is 6.61. The molecule has 0 fully saturated rings. The molecule has 5 heteroatoms. The van der Waals surface area contributed by atoms with E-state index in [4.69, 9.17) is 16.3 Å². The van der Waals surface area contributed by atoms with Crippen molar-refractivity contribution in [1.82, 2.24) is 0 Å². The van der Waals surface area contributed by atoms with Crippen LogP contribution in [0.1, 0.15) is 12.5 Å². The van der Waals surface area contributed by atoms with Crippen LogP contribution in [0.2, 0.25) is 5.02 Å². The van der Waals surface area contributed by atoms with Crippen LogP contribution >= 0.6 is 34.2 Å². The van der Waals surface area contributed by atoms with Crippen LogP contribution in [0.5, 0.6) is 5.75 Å². The lowest BCUT2D eigenvalue weighted by Crippen LogP contribution is -2.17. The highest BCUT2D eigenvalue weighted by Gasteiger charge is 2.19. The van der Waals surface area contributed by atoms with E-state index >= 15 is 0 Å². The molecule has 0 aliphatic carbocycles. The minimum absolute atomic E-state index is 0.231. The molecule has 16 heavy (non-hydrogen) atoms. The minimum Gasteiger partial charge on any atom is -0.429 e. The van der Waals surface area contributed by atoms with Crippen LogP contribution < -0.4 is 4.74 Å². The minimum atomic E-state index is -0.699. The molecule has 1 aliphatic rings. The third-order valence-electron chi connectivity index (χ3n) is 1.67. The predicted octanol–water partition coefficient (Wildman–Crippen LogP) is 3.77. The zero-order valence-corrected chi connectivity index (χ0v) is 11.3. The van der Waals surface area contributed by atoms with Gasteiger partial charge in [0, 0.05) is 28.2 Å². The third kappa shape index (κ3) is 3.58. The molecule has 0 N–H and O–H groups in total. The van der Waals surface area contributed by atoms with Crippen LogP contribution in [0, 0.1) is 9.85 Å². The lowest BCUT2D eigenvalue weighted by atomic mass is 10.2. The second-order valence-corrected chi connectivity index (χ2v) is 3.66. The monoisotopic (exact) mass is 350 g/mol. The summed E-state index contributed by atoms with van der Waals surface area (Å²) >= 11 is 7.76. The molecule has 3 nitrogen and oxygen atoms in total. The van der Waals surface area contributed by atoms with Gasteiger partial charge in [-0.15, -0.1) is 0 Å². The van der Waals surface area contributed by atoms with Crippen molar-refractivity contribution in [3.05, 3.63) is 28.8 Å². The smallest absolute Gasteiger partial charge is 0.429 e. The highest BCUT2D eigenvalue weighted by molar-refractivity contribution is 14.1. The van der Waals surface area contributed by atoms with Crippen molar-refractivity contribution in [3.63, 3.8) is 0 Å². The summed E-state index contributed by atoms with van der Waals surface area (Å²) in [5.74, 6) is 3.08. The van der Waals surface area contributed by atoms with Crippen molar-refractivity contribution in [2.75, 3.05) is 0 Å². The summed E-state index contributed by atoms with van der Waals surface area (Å²) in [5, 5.41) is 0.434. The highest BCUT2D eigenvalue weighted by atomic mass is 127. The Morgan fingerprint density at radius 3 is 2.81 bits per heavy atom. The number of hydrogen-bond donors (Lipinski definition) is 0. The van der Waals surface area contributed by atoms with E-state index in [9.17, 15) is 4.79 Å². The van der Waals surface area contributed by atoms with Crippen molar-refractivity contribution < 1.29 is 14.3 Å². The molecule has 1 heterocycles. The molecule has 0 spiro atoms.